The van der Waals surface area contributed by atoms with Gasteiger partial charge in [-0.3, -0.25) is 14.8 Å². The van der Waals surface area contributed by atoms with Crippen LogP contribution < -0.4 is 5.73 Å². The average molecular weight is 271 g/mol. The predicted octanol–water partition coefficient (Wildman–Crippen LogP) is 1.40. The van der Waals surface area contributed by atoms with E-state index < -0.39 is 5.24 Å². The average Bonchev–Trinajstić information content (AvgIpc) is 2.15. The lowest BCUT2D eigenvalue weighted by Gasteiger charge is -1.97. The molecule has 1 aromatic rings. The zero-order valence-corrected chi connectivity index (χ0v) is 9.98. The van der Waals surface area contributed by atoms with E-state index >= 15 is 0 Å². The molecule has 1 aromatic heterocycles. The molecule has 0 bridgehead atoms. The normalized spacial score (nSPS) is 9.80. The number of hydrogen-bond acceptors (Lipinski definition) is 3. The Hall–Kier alpha value is -0.840. The first kappa shape index (κ1) is 16.6. The maximum Gasteiger partial charge on any atom is 0.243 e. The third-order valence-electron chi connectivity index (χ3n) is 1.35. The Kier molecular flexibility index (Phi) is 9.36. The molecule has 0 fully saturated rings. The van der Waals surface area contributed by atoms with Crippen molar-refractivity contribution >= 4 is 47.5 Å². The molecule has 0 saturated carbocycles. The van der Waals surface area contributed by atoms with Crippen molar-refractivity contribution in [3.8, 4) is 0 Å². The van der Waals surface area contributed by atoms with E-state index in [9.17, 15) is 4.79 Å². The summed E-state index contributed by atoms with van der Waals surface area (Å²) in [5.41, 5.74) is 6.28. The van der Waals surface area contributed by atoms with Crippen LogP contribution in [-0.4, -0.2) is 22.6 Å². The van der Waals surface area contributed by atoms with Crippen molar-refractivity contribution in [1.82, 2.24) is 4.98 Å². The van der Waals surface area contributed by atoms with Gasteiger partial charge in [0.2, 0.25) is 5.24 Å². The zero-order valence-electron chi connectivity index (χ0n) is 7.59. The Morgan fingerprint density at radius 3 is 2.40 bits per heavy atom. The molecule has 0 spiro atoms. The number of aromatic nitrogens is 1. The molecule has 0 aliphatic carbocycles. The Bertz CT molecular complexity index is 329. The second-order valence-corrected chi connectivity index (χ2v) is 2.71. The lowest BCUT2D eigenvalue weighted by atomic mass is 10.2. The van der Waals surface area contributed by atoms with Crippen LogP contribution in [0.4, 0.5) is 0 Å². The molecule has 15 heavy (non-hydrogen) atoms. The van der Waals surface area contributed by atoms with Gasteiger partial charge in [-0.05, 0) is 23.7 Å². The fourth-order valence-corrected chi connectivity index (χ4v) is 0.821. The van der Waals surface area contributed by atoms with Gasteiger partial charge in [-0.2, -0.15) is 0 Å². The van der Waals surface area contributed by atoms with E-state index in [1.807, 2.05) is 0 Å². The number of amidine groups is 1. The fraction of sp³-hybridized carbons (Fsp3) is 0.125. The van der Waals surface area contributed by atoms with Crippen LogP contribution in [0.15, 0.2) is 29.5 Å². The highest BCUT2D eigenvalue weighted by atomic mass is 35.5. The fourth-order valence-electron chi connectivity index (χ4n) is 0.761. The highest BCUT2D eigenvalue weighted by Gasteiger charge is 1.97. The first-order valence-electron chi connectivity index (χ1n) is 3.59. The maximum absolute atomic E-state index is 10.4. The molecule has 0 aliphatic heterocycles. The molecule has 0 unspecified atom stereocenters. The van der Waals surface area contributed by atoms with Crippen molar-refractivity contribution in [1.29, 1.82) is 0 Å². The summed E-state index contributed by atoms with van der Waals surface area (Å²) in [5, 5.41) is -0.531. The summed E-state index contributed by atoms with van der Waals surface area (Å²) in [6.45, 7) is -0.101. The summed E-state index contributed by atoms with van der Waals surface area (Å²) in [4.78, 5) is 18.0. The van der Waals surface area contributed by atoms with Crippen LogP contribution >= 0.6 is 36.4 Å². The van der Waals surface area contributed by atoms with Gasteiger partial charge in [0.15, 0.2) is 0 Å². The topological polar surface area (TPSA) is 68.3 Å². The Morgan fingerprint density at radius 2 is 1.93 bits per heavy atom. The molecule has 1 rings (SSSR count). The van der Waals surface area contributed by atoms with E-state index in [0.717, 1.165) is 5.56 Å². The monoisotopic (exact) mass is 269 g/mol. The van der Waals surface area contributed by atoms with Gasteiger partial charge >= 0.3 is 0 Å². The van der Waals surface area contributed by atoms with E-state index in [2.05, 4.69) is 9.98 Å². The number of hydrogen-bond donors (Lipinski definition) is 1. The Labute approximate surface area is 105 Å². The van der Waals surface area contributed by atoms with E-state index in [1.54, 1.807) is 24.5 Å². The van der Waals surface area contributed by atoms with Crippen LogP contribution in [0.2, 0.25) is 0 Å². The number of carbonyl (C=O) groups excluding carboxylic acids is 1. The Morgan fingerprint density at radius 1 is 1.40 bits per heavy atom. The van der Waals surface area contributed by atoms with Crippen LogP contribution in [0.3, 0.4) is 0 Å². The molecule has 0 aliphatic rings. The molecule has 0 saturated heterocycles. The van der Waals surface area contributed by atoms with Gasteiger partial charge in [-0.25, -0.2) is 0 Å². The summed E-state index contributed by atoms with van der Waals surface area (Å²) in [6.07, 6.45) is 3.19. The van der Waals surface area contributed by atoms with Gasteiger partial charge in [-0.1, -0.05) is 0 Å². The van der Waals surface area contributed by atoms with Crippen LogP contribution in [0.5, 0.6) is 0 Å². The van der Waals surface area contributed by atoms with Crippen molar-refractivity contribution < 1.29 is 4.79 Å². The molecule has 0 atom stereocenters. The van der Waals surface area contributed by atoms with Crippen LogP contribution in [-0.2, 0) is 4.79 Å². The molecule has 2 N–H and O–H groups in total. The second kappa shape index (κ2) is 8.47. The highest BCUT2D eigenvalue weighted by Crippen LogP contribution is 1.95. The summed E-state index contributed by atoms with van der Waals surface area (Å²) >= 11 is 5.10. The Balaban J connectivity index is 0. The number of nitrogens with zero attached hydrogens (tertiary/aromatic N) is 2. The number of rotatable bonds is 3. The third-order valence-corrected chi connectivity index (χ3v) is 1.47. The summed E-state index contributed by atoms with van der Waals surface area (Å²) < 4.78 is 0. The van der Waals surface area contributed by atoms with E-state index in [-0.39, 0.29) is 37.2 Å². The largest absolute Gasteiger partial charge is 0.383 e. The first-order chi connectivity index (χ1) is 6.20. The van der Waals surface area contributed by atoms with Crippen LogP contribution in [0.1, 0.15) is 5.56 Å². The molecule has 0 aromatic carbocycles. The van der Waals surface area contributed by atoms with E-state index in [4.69, 9.17) is 17.3 Å². The van der Waals surface area contributed by atoms with Gasteiger partial charge in [0.05, 0.1) is 0 Å². The number of nitrogens with two attached hydrogens (primary N) is 1. The maximum atomic E-state index is 10.4. The van der Waals surface area contributed by atoms with Crippen molar-refractivity contribution in [2.75, 3.05) is 6.54 Å². The number of aliphatic imine (C=N–C) groups is 1. The van der Waals surface area contributed by atoms with Gasteiger partial charge in [0.1, 0.15) is 12.4 Å². The second-order valence-electron chi connectivity index (χ2n) is 2.29. The molecule has 0 radical (unpaired) electrons. The first-order valence-corrected chi connectivity index (χ1v) is 3.96. The highest BCUT2D eigenvalue weighted by molar-refractivity contribution is 6.64. The molecule has 84 valence electrons. The summed E-state index contributed by atoms with van der Waals surface area (Å²) in [6, 6.07) is 3.41. The smallest absolute Gasteiger partial charge is 0.243 e. The van der Waals surface area contributed by atoms with Crippen molar-refractivity contribution in [2.24, 2.45) is 10.7 Å². The predicted molar refractivity (Wildman–Crippen MR) is 65.2 cm³/mol. The standard InChI is InChI=1S/C8H8ClN3O.2ClH/c9-7(13)5-12-8(10)6-1-3-11-4-2-6;;/h1-4H,5H2,(H2,10,12);2*1H. The van der Waals surface area contributed by atoms with E-state index in [0.29, 0.717) is 0 Å². The van der Waals surface area contributed by atoms with Crippen LogP contribution in [0.25, 0.3) is 0 Å². The quantitative estimate of drug-likeness (QED) is 0.513. The molecular weight excluding hydrogens is 260 g/mol. The number of carbonyl (C=O) groups is 1. The molecule has 1 heterocycles. The molecular formula is C8H10Cl3N3O. The minimum atomic E-state index is -0.531. The third kappa shape index (κ3) is 6.28. The van der Waals surface area contributed by atoms with Gasteiger partial charge < -0.3 is 5.73 Å². The summed E-state index contributed by atoms with van der Waals surface area (Å²) in [7, 11) is 0. The van der Waals surface area contributed by atoms with E-state index in [1.165, 1.54) is 0 Å². The SMILES string of the molecule is Cl.Cl.NC(=NCC(=O)Cl)c1ccncc1. The van der Waals surface area contributed by atoms with Gasteiger partial charge in [0, 0.05) is 18.0 Å². The summed E-state index contributed by atoms with van der Waals surface area (Å²) in [5.74, 6) is 0.288. The lowest BCUT2D eigenvalue weighted by molar-refractivity contribution is -0.110. The number of pyridine rings is 1. The molecule has 0 amide bonds. The molecule has 4 nitrogen and oxygen atoms in total. The van der Waals surface area contributed by atoms with Gasteiger partial charge in [0.25, 0.3) is 0 Å². The zero-order chi connectivity index (χ0) is 9.68. The van der Waals surface area contributed by atoms with Crippen molar-refractivity contribution in [2.45, 2.75) is 0 Å². The van der Waals surface area contributed by atoms with Crippen molar-refractivity contribution in [3.63, 3.8) is 0 Å². The minimum Gasteiger partial charge on any atom is -0.383 e. The molecule has 7 heteroatoms. The lowest BCUT2D eigenvalue weighted by Crippen LogP contribution is -2.14. The van der Waals surface area contributed by atoms with Crippen LogP contribution in [0, 0.1) is 0 Å². The number of halogens is 3. The van der Waals surface area contributed by atoms with Gasteiger partial charge in [-0.15, -0.1) is 24.8 Å². The van der Waals surface area contributed by atoms with Crippen molar-refractivity contribution in [3.05, 3.63) is 30.1 Å². The minimum absolute atomic E-state index is 0.